The molecule has 0 amide bonds. The van der Waals surface area contributed by atoms with Crippen molar-refractivity contribution in [3.8, 4) is 0 Å². The van der Waals surface area contributed by atoms with Crippen LogP contribution in [0.1, 0.15) is 31.7 Å². The standard InChI is InChI=1S/C15H24N2O2S/c1-3-13-8-9-17(14(10-13)11-16)20(18,19)15-6-4-12(2)5-7-15/h4-7,13-14H,3,8-11,16H2,1-2H3. The maximum Gasteiger partial charge on any atom is 0.243 e. The second-order valence-corrected chi connectivity index (χ2v) is 7.51. The van der Waals surface area contributed by atoms with Crippen molar-refractivity contribution in [1.29, 1.82) is 0 Å². The largest absolute Gasteiger partial charge is 0.329 e. The van der Waals surface area contributed by atoms with E-state index in [1.54, 1.807) is 16.4 Å². The van der Waals surface area contributed by atoms with E-state index in [2.05, 4.69) is 6.92 Å². The van der Waals surface area contributed by atoms with Crippen molar-refractivity contribution < 1.29 is 8.42 Å². The summed E-state index contributed by atoms with van der Waals surface area (Å²) in [4.78, 5) is 0.372. The Hall–Kier alpha value is -0.910. The predicted octanol–water partition coefficient (Wildman–Crippen LogP) is 2.13. The van der Waals surface area contributed by atoms with Gasteiger partial charge in [-0.25, -0.2) is 8.42 Å². The van der Waals surface area contributed by atoms with E-state index in [1.165, 1.54) is 0 Å². The van der Waals surface area contributed by atoms with E-state index in [1.807, 2.05) is 19.1 Å². The third-order valence-electron chi connectivity index (χ3n) is 4.25. The summed E-state index contributed by atoms with van der Waals surface area (Å²) in [5, 5.41) is 0. The number of hydrogen-bond acceptors (Lipinski definition) is 3. The molecule has 1 aliphatic heterocycles. The maximum atomic E-state index is 12.7. The number of nitrogens with zero attached hydrogens (tertiary/aromatic N) is 1. The van der Waals surface area contributed by atoms with Crippen molar-refractivity contribution in [3.63, 3.8) is 0 Å². The van der Waals surface area contributed by atoms with Gasteiger partial charge in [-0.1, -0.05) is 31.0 Å². The second-order valence-electron chi connectivity index (χ2n) is 5.62. The van der Waals surface area contributed by atoms with E-state index in [-0.39, 0.29) is 6.04 Å². The normalized spacial score (nSPS) is 24.8. The summed E-state index contributed by atoms with van der Waals surface area (Å²) in [6.07, 6.45) is 2.89. The summed E-state index contributed by atoms with van der Waals surface area (Å²) in [7, 11) is -3.42. The van der Waals surface area contributed by atoms with Gasteiger partial charge in [-0.2, -0.15) is 4.31 Å². The minimum Gasteiger partial charge on any atom is -0.329 e. The van der Waals surface area contributed by atoms with E-state index in [4.69, 9.17) is 5.73 Å². The summed E-state index contributed by atoms with van der Waals surface area (Å²) < 4.78 is 27.1. The minimum absolute atomic E-state index is 0.0694. The van der Waals surface area contributed by atoms with Gasteiger partial charge in [-0.15, -0.1) is 0 Å². The topological polar surface area (TPSA) is 63.4 Å². The first kappa shape index (κ1) is 15.5. The first-order chi connectivity index (χ1) is 9.48. The lowest BCUT2D eigenvalue weighted by molar-refractivity contribution is 0.197. The van der Waals surface area contributed by atoms with E-state index >= 15 is 0 Å². The first-order valence-corrected chi connectivity index (χ1v) is 8.71. The van der Waals surface area contributed by atoms with E-state index in [0.29, 0.717) is 23.9 Å². The number of aryl methyl sites for hydroxylation is 1. The molecule has 1 aromatic carbocycles. The lowest BCUT2D eigenvalue weighted by Crippen LogP contribution is -2.49. The van der Waals surface area contributed by atoms with Crippen LogP contribution >= 0.6 is 0 Å². The fourth-order valence-electron chi connectivity index (χ4n) is 2.86. The summed E-state index contributed by atoms with van der Waals surface area (Å²) in [5.74, 6) is 0.591. The highest BCUT2D eigenvalue weighted by Crippen LogP contribution is 2.29. The zero-order valence-electron chi connectivity index (χ0n) is 12.2. The number of nitrogens with two attached hydrogens (primary N) is 1. The van der Waals surface area contributed by atoms with Crippen molar-refractivity contribution in [2.75, 3.05) is 13.1 Å². The monoisotopic (exact) mass is 296 g/mol. The molecule has 0 aromatic heterocycles. The van der Waals surface area contributed by atoms with Crippen LogP contribution in [0.25, 0.3) is 0 Å². The molecule has 1 heterocycles. The highest BCUT2D eigenvalue weighted by atomic mass is 32.2. The summed E-state index contributed by atoms with van der Waals surface area (Å²) in [5.41, 5.74) is 6.86. The molecule has 1 aromatic rings. The molecule has 2 unspecified atom stereocenters. The summed E-state index contributed by atoms with van der Waals surface area (Å²) in [6, 6.07) is 6.97. The van der Waals surface area contributed by atoms with Gasteiger partial charge in [0.2, 0.25) is 10.0 Å². The highest BCUT2D eigenvalue weighted by Gasteiger charge is 2.35. The summed E-state index contributed by atoms with van der Waals surface area (Å²) >= 11 is 0. The molecule has 20 heavy (non-hydrogen) atoms. The first-order valence-electron chi connectivity index (χ1n) is 7.27. The third-order valence-corrected chi connectivity index (χ3v) is 6.21. The number of hydrogen-bond donors (Lipinski definition) is 1. The molecule has 0 saturated carbocycles. The van der Waals surface area contributed by atoms with Crippen LogP contribution in [0.2, 0.25) is 0 Å². The van der Waals surface area contributed by atoms with Gasteiger partial charge in [-0.05, 0) is 37.8 Å². The van der Waals surface area contributed by atoms with Crippen molar-refractivity contribution >= 4 is 10.0 Å². The molecule has 1 saturated heterocycles. The van der Waals surface area contributed by atoms with Gasteiger partial charge in [0.25, 0.3) is 0 Å². The molecule has 1 aliphatic rings. The lowest BCUT2D eigenvalue weighted by Gasteiger charge is -2.37. The predicted molar refractivity (Wildman–Crippen MR) is 80.9 cm³/mol. The molecular formula is C15H24N2O2S. The Bertz CT molecular complexity index is 539. The van der Waals surface area contributed by atoms with Gasteiger partial charge in [-0.3, -0.25) is 0 Å². The smallest absolute Gasteiger partial charge is 0.243 e. The van der Waals surface area contributed by atoms with Gasteiger partial charge in [0.05, 0.1) is 4.90 Å². The fraction of sp³-hybridized carbons (Fsp3) is 0.600. The molecular weight excluding hydrogens is 272 g/mol. The van der Waals surface area contributed by atoms with Crippen molar-refractivity contribution in [2.45, 2.75) is 44.0 Å². The van der Waals surface area contributed by atoms with E-state index < -0.39 is 10.0 Å². The molecule has 4 nitrogen and oxygen atoms in total. The zero-order chi connectivity index (χ0) is 14.8. The van der Waals surface area contributed by atoms with Crippen LogP contribution in [-0.2, 0) is 10.0 Å². The Morgan fingerprint density at radius 2 is 1.95 bits per heavy atom. The van der Waals surface area contributed by atoms with Gasteiger partial charge < -0.3 is 5.73 Å². The molecule has 1 fully saturated rings. The highest BCUT2D eigenvalue weighted by molar-refractivity contribution is 7.89. The Morgan fingerprint density at radius 1 is 1.30 bits per heavy atom. The van der Waals surface area contributed by atoms with Gasteiger partial charge >= 0.3 is 0 Å². The molecule has 0 bridgehead atoms. The Balaban J connectivity index is 2.26. The fourth-order valence-corrected chi connectivity index (χ4v) is 4.52. The van der Waals surface area contributed by atoms with Crippen LogP contribution in [0.4, 0.5) is 0 Å². The van der Waals surface area contributed by atoms with E-state index in [9.17, 15) is 8.42 Å². The van der Waals surface area contributed by atoms with Crippen LogP contribution < -0.4 is 5.73 Å². The van der Waals surface area contributed by atoms with Crippen LogP contribution in [0.3, 0.4) is 0 Å². The van der Waals surface area contributed by atoms with Crippen LogP contribution in [0.5, 0.6) is 0 Å². The number of piperidine rings is 1. The average molecular weight is 296 g/mol. The van der Waals surface area contributed by atoms with Gasteiger partial charge in [0.15, 0.2) is 0 Å². The summed E-state index contributed by atoms with van der Waals surface area (Å²) in [6.45, 7) is 5.08. The Morgan fingerprint density at radius 3 is 2.50 bits per heavy atom. The van der Waals surface area contributed by atoms with E-state index in [0.717, 1.165) is 24.8 Å². The number of benzene rings is 1. The molecule has 0 spiro atoms. The molecule has 112 valence electrons. The SMILES string of the molecule is CCC1CCN(S(=O)(=O)c2ccc(C)cc2)C(CN)C1. The minimum atomic E-state index is -3.42. The van der Waals surface area contributed by atoms with Gasteiger partial charge in [0.1, 0.15) is 0 Å². The molecule has 2 N–H and O–H groups in total. The number of rotatable bonds is 4. The average Bonchev–Trinajstić information content (AvgIpc) is 2.46. The van der Waals surface area contributed by atoms with Crippen molar-refractivity contribution in [3.05, 3.63) is 29.8 Å². The van der Waals surface area contributed by atoms with Crippen LogP contribution in [-0.4, -0.2) is 31.9 Å². The van der Waals surface area contributed by atoms with Gasteiger partial charge in [0, 0.05) is 19.1 Å². The molecule has 2 atom stereocenters. The molecule has 0 aliphatic carbocycles. The van der Waals surface area contributed by atoms with Crippen molar-refractivity contribution in [1.82, 2.24) is 4.31 Å². The van der Waals surface area contributed by atoms with Crippen molar-refractivity contribution in [2.24, 2.45) is 11.7 Å². The molecule has 2 rings (SSSR count). The third kappa shape index (κ3) is 3.05. The maximum absolute atomic E-state index is 12.7. The zero-order valence-corrected chi connectivity index (χ0v) is 13.1. The Kier molecular flexibility index (Phi) is 4.83. The molecule has 0 radical (unpaired) electrons. The van der Waals surface area contributed by atoms with Crippen LogP contribution in [0, 0.1) is 12.8 Å². The Labute approximate surface area is 122 Å². The van der Waals surface area contributed by atoms with Crippen LogP contribution in [0.15, 0.2) is 29.2 Å². The second kappa shape index (κ2) is 6.24. The lowest BCUT2D eigenvalue weighted by atomic mass is 9.90. The number of sulfonamides is 1. The quantitative estimate of drug-likeness (QED) is 0.926. The molecule has 5 heteroatoms.